The molecule has 0 aromatic carbocycles. The Kier molecular flexibility index (Phi) is 2.94. The highest BCUT2D eigenvalue weighted by atomic mass is 16.5. The van der Waals surface area contributed by atoms with Gasteiger partial charge in [-0.1, -0.05) is 13.8 Å². The fraction of sp³-hybridized carbons (Fsp3) is 0.786. The summed E-state index contributed by atoms with van der Waals surface area (Å²) in [6.07, 6.45) is 5.69. The van der Waals surface area contributed by atoms with Gasteiger partial charge in [0.15, 0.2) is 0 Å². The number of nitrogens with one attached hydrogen (secondary N) is 1. The van der Waals surface area contributed by atoms with Crippen LogP contribution >= 0.6 is 0 Å². The molecule has 2 heterocycles. The third-order valence-corrected chi connectivity index (χ3v) is 4.57. The molecule has 100 valence electrons. The molecule has 0 bridgehead atoms. The first-order valence-corrected chi connectivity index (χ1v) is 6.93. The molecular weight excluding hydrogens is 226 g/mol. The van der Waals surface area contributed by atoms with Gasteiger partial charge in [0.1, 0.15) is 0 Å². The van der Waals surface area contributed by atoms with E-state index in [2.05, 4.69) is 37.4 Å². The molecule has 4 heteroatoms. The van der Waals surface area contributed by atoms with Gasteiger partial charge in [0, 0.05) is 36.7 Å². The van der Waals surface area contributed by atoms with E-state index in [1.165, 1.54) is 12.0 Å². The summed E-state index contributed by atoms with van der Waals surface area (Å²) in [5, 5.41) is 8.01. The molecule has 3 rings (SSSR count). The summed E-state index contributed by atoms with van der Waals surface area (Å²) in [7, 11) is 0. The van der Waals surface area contributed by atoms with Crippen LogP contribution in [-0.2, 0) is 11.3 Å². The Labute approximate surface area is 109 Å². The molecule has 0 radical (unpaired) electrons. The minimum absolute atomic E-state index is 0.279. The Balaban J connectivity index is 1.51. The van der Waals surface area contributed by atoms with Crippen LogP contribution in [0.3, 0.4) is 0 Å². The van der Waals surface area contributed by atoms with Crippen LogP contribution in [0, 0.1) is 18.3 Å². The smallest absolute Gasteiger partial charge is 0.0685 e. The summed E-state index contributed by atoms with van der Waals surface area (Å²) in [6, 6.07) is 0.599. The first-order valence-electron chi connectivity index (χ1n) is 6.93. The molecule has 2 fully saturated rings. The molecule has 1 aliphatic carbocycles. The van der Waals surface area contributed by atoms with Crippen molar-refractivity contribution in [3.8, 4) is 0 Å². The zero-order valence-corrected chi connectivity index (χ0v) is 11.5. The third-order valence-electron chi connectivity index (χ3n) is 4.57. The van der Waals surface area contributed by atoms with E-state index in [0.717, 1.165) is 25.6 Å². The largest absolute Gasteiger partial charge is 0.377 e. The van der Waals surface area contributed by atoms with Crippen molar-refractivity contribution in [3.05, 3.63) is 18.0 Å². The second-order valence-corrected chi connectivity index (χ2v) is 6.28. The Morgan fingerprint density at radius 1 is 1.56 bits per heavy atom. The quantitative estimate of drug-likeness (QED) is 0.881. The van der Waals surface area contributed by atoms with Gasteiger partial charge in [-0.3, -0.25) is 4.68 Å². The van der Waals surface area contributed by atoms with E-state index in [9.17, 15) is 0 Å². The number of hydrogen-bond acceptors (Lipinski definition) is 3. The predicted octanol–water partition coefficient (Wildman–Crippen LogP) is 1.59. The lowest BCUT2D eigenvalue weighted by Gasteiger charge is -2.55. The maximum atomic E-state index is 5.81. The predicted molar refractivity (Wildman–Crippen MR) is 70.4 cm³/mol. The van der Waals surface area contributed by atoms with Crippen molar-refractivity contribution in [3.63, 3.8) is 0 Å². The molecular formula is C14H23N3O. The molecule has 1 aromatic rings. The van der Waals surface area contributed by atoms with E-state index in [1.54, 1.807) is 0 Å². The molecule has 0 amide bonds. The molecule has 18 heavy (non-hydrogen) atoms. The van der Waals surface area contributed by atoms with Crippen LogP contribution in [0.4, 0.5) is 0 Å². The van der Waals surface area contributed by atoms with Crippen LogP contribution in [0.5, 0.6) is 0 Å². The van der Waals surface area contributed by atoms with Gasteiger partial charge >= 0.3 is 0 Å². The second kappa shape index (κ2) is 4.35. The number of ether oxygens (including phenoxy) is 1. The van der Waals surface area contributed by atoms with E-state index in [1.807, 2.05) is 10.9 Å². The number of aromatic nitrogens is 2. The third kappa shape index (κ3) is 1.88. The maximum absolute atomic E-state index is 5.81. The zero-order chi connectivity index (χ0) is 12.8. The normalized spacial score (nSPS) is 33.2. The van der Waals surface area contributed by atoms with Crippen LogP contribution in [0.2, 0.25) is 0 Å². The second-order valence-electron chi connectivity index (χ2n) is 6.28. The minimum Gasteiger partial charge on any atom is -0.377 e. The minimum atomic E-state index is 0.279. The first kappa shape index (κ1) is 12.2. The lowest BCUT2D eigenvalue weighted by molar-refractivity contribution is -0.112. The Morgan fingerprint density at radius 3 is 3.11 bits per heavy atom. The van der Waals surface area contributed by atoms with Gasteiger partial charge in [-0.2, -0.15) is 5.10 Å². The molecule has 1 N–H and O–H groups in total. The topological polar surface area (TPSA) is 39.1 Å². The lowest BCUT2D eigenvalue weighted by atomic mass is 9.57. The molecule has 1 saturated heterocycles. The van der Waals surface area contributed by atoms with Crippen molar-refractivity contribution in [2.24, 2.45) is 11.3 Å². The van der Waals surface area contributed by atoms with Crippen molar-refractivity contribution in [1.29, 1.82) is 0 Å². The fourth-order valence-electron chi connectivity index (χ4n) is 3.66. The summed E-state index contributed by atoms with van der Waals surface area (Å²) in [4.78, 5) is 0. The number of aryl methyl sites for hydroxylation is 1. The van der Waals surface area contributed by atoms with Crippen LogP contribution in [0.25, 0.3) is 0 Å². The van der Waals surface area contributed by atoms with Crippen molar-refractivity contribution in [2.45, 2.75) is 45.9 Å². The van der Waals surface area contributed by atoms with Gasteiger partial charge in [0.05, 0.1) is 18.8 Å². The lowest BCUT2D eigenvalue weighted by Crippen LogP contribution is -2.66. The van der Waals surface area contributed by atoms with Crippen molar-refractivity contribution >= 4 is 0 Å². The average molecular weight is 249 g/mol. The summed E-state index contributed by atoms with van der Waals surface area (Å²) in [5.74, 6) is 0.722. The van der Waals surface area contributed by atoms with Crippen LogP contribution < -0.4 is 5.32 Å². The van der Waals surface area contributed by atoms with Gasteiger partial charge in [0.2, 0.25) is 0 Å². The molecule has 3 unspecified atom stereocenters. The first-order chi connectivity index (χ1) is 8.59. The summed E-state index contributed by atoms with van der Waals surface area (Å²) >= 11 is 0. The molecule has 2 aliphatic rings. The molecule has 0 spiro atoms. The highest BCUT2D eigenvalue weighted by Crippen LogP contribution is 2.51. The van der Waals surface area contributed by atoms with Gasteiger partial charge < -0.3 is 10.1 Å². The highest BCUT2D eigenvalue weighted by molar-refractivity contribution is 5.11. The van der Waals surface area contributed by atoms with E-state index >= 15 is 0 Å². The van der Waals surface area contributed by atoms with Crippen molar-refractivity contribution in [1.82, 2.24) is 15.1 Å². The van der Waals surface area contributed by atoms with Gasteiger partial charge in [-0.25, -0.2) is 0 Å². The Hall–Kier alpha value is -0.870. The van der Waals surface area contributed by atoms with Gasteiger partial charge in [0.25, 0.3) is 0 Å². The SMILES string of the molecule is Cc1cnn(CCNC2C3CCOC3C2(C)C)c1. The fourth-order valence-corrected chi connectivity index (χ4v) is 3.66. The summed E-state index contributed by atoms with van der Waals surface area (Å²) in [6.45, 7) is 9.57. The van der Waals surface area contributed by atoms with Gasteiger partial charge in [-0.05, 0) is 18.9 Å². The standard InChI is InChI=1S/C14H23N3O/c1-10-8-16-17(9-10)6-5-15-12-11-4-7-18-13(11)14(12,2)3/h8-9,11-13,15H,4-7H2,1-3H3. The Morgan fingerprint density at radius 2 is 2.39 bits per heavy atom. The van der Waals surface area contributed by atoms with Crippen LogP contribution in [0.1, 0.15) is 25.8 Å². The maximum Gasteiger partial charge on any atom is 0.0685 e. The van der Waals surface area contributed by atoms with Crippen LogP contribution in [-0.4, -0.2) is 35.1 Å². The van der Waals surface area contributed by atoms with Crippen molar-refractivity contribution in [2.75, 3.05) is 13.2 Å². The van der Waals surface area contributed by atoms with Gasteiger partial charge in [-0.15, -0.1) is 0 Å². The number of fused-ring (bicyclic) bond motifs is 1. The highest BCUT2D eigenvalue weighted by Gasteiger charge is 2.58. The number of nitrogens with zero attached hydrogens (tertiary/aromatic N) is 2. The van der Waals surface area contributed by atoms with Crippen molar-refractivity contribution < 1.29 is 4.74 Å². The Bertz CT molecular complexity index is 426. The molecule has 1 saturated carbocycles. The van der Waals surface area contributed by atoms with E-state index < -0.39 is 0 Å². The molecule has 1 aromatic heterocycles. The van der Waals surface area contributed by atoms with E-state index in [-0.39, 0.29) is 5.41 Å². The molecule has 1 aliphatic heterocycles. The zero-order valence-electron chi connectivity index (χ0n) is 11.5. The molecule has 3 atom stereocenters. The number of hydrogen-bond donors (Lipinski definition) is 1. The van der Waals surface area contributed by atoms with Crippen LogP contribution in [0.15, 0.2) is 12.4 Å². The summed E-state index contributed by atoms with van der Waals surface area (Å²) in [5.41, 5.74) is 1.50. The average Bonchev–Trinajstić information content (AvgIpc) is 2.92. The van der Waals surface area contributed by atoms with E-state index in [4.69, 9.17) is 4.74 Å². The molecule has 4 nitrogen and oxygen atoms in total. The number of rotatable bonds is 4. The summed E-state index contributed by atoms with van der Waals surface area (Å²) < 4.78 is 7.82. The van der Waals surface area contributed by atoms with E-state index in [0.29, 0.717) is 12.1 Å². The monoisotopic (exact) mass is 249 g/mol.